The number of benzene rings is 1. The van der Waals surface area contributed by atoms with Crippen LogP contribution in [0.2, 0.25) is 0 Å². The standard InChI is InChI=1S/C18H26N2O3/c1-6-13-9-14(8-7-12(13)2)16(21)19-15-10-20(11-15)17(22)23-18(3,4)5/h7-9,15H,6,10-11H2,1-5H3,(H,19,21). The zero-order chi connectivity index (χ0) is 17.2. The van der Waals surface area contributed by atoms with Gasteiger partial charge in [0.25, 0.3) is 5.91 Å². The van der Waals surface area contributed by atoms with Gasteiger partial charge >= 0.3 is 6.09 Å². The molecule has 1 N–H and O–H groups in total. The number of aryl methyl sites for hydroxylation is 2. The second-order valence-electron chi connectivity index (χ2n) is 7.05. The Hall–Kier alpha value is -2.04. The Morgan fingerprint density at radius 3 is 2.52 bits per heavy atom. The first-order chi connectivity index (χ1) is 10.7. The normalized spacial score (nSPS) is 15.1. The van der Waals surface area contributed by atoms with Gasteiger partial charge in [-0.25, -0.2) is 4.79 Å². The van der Waals surface area contributed by atoms with Crippen LogP contribution in [0.4, 0.5) is 4.79 Å². The fraction of sp³-hybridized carbons (Fsp3) is 0.556. The molecule has 2 rings (SSSR count). The monoisotopic (exact) mass is 318 g/mol. The van der Waals surface area contributed by atoms with Gasteiger partial charge < -0.3 is 15.0 Å². The highest BCUT2D eigenvalue weighted by Crippen LogP contribution is 2.16. The second-order valence-corrected chi connectivity index (χ2v) is 7.05. The lowest BCUT2D eigenvalue weighted by molar-refractivity contribution is 0.00533. The number of likely N-dealkylation sites (tertiary alicyclic amines) is 1. The van der Waals surface area contributed by atoms with E-state index in [1.807, 2.05) is 45.9 Å². The number of amides is 2. The minimum absolute atomic E-state index is 0.0126. The maximum Gasteiger partial charge on any atom is 0.410 e. The third-order valence-corrected chi connectivity index (χ3v) is 3.86. The van der Waals surface area contributed by atoms with Gasteiger partial charge in [-0.3, -0.25) is 4.79 Å². The van der Waals surface area contributed by atoms with Crippen molar-refractivity contribution in [1.29, 1.82) is 0 Å². The van der Waals surface area contributed by atoms with Crippen molar-refractivity contribution in [2.75, 3.05) is 13.1 Å². The van der Waals surface area contributed by atoms with E-state index in [1.165, 1.54) is 11.1 Å². The predicted octanol–water partition coefficient (Wildman–Crippen LogP) is 2.91. The molecule has 0 bridgehead atoms. The minimum atomic E-state index is -0.496. The number of rotatable bonds is 3. The first-order valence-electron chi connectivity index (χ1n) is 8.08. The average molecular weight is 318 g/mol. The van der Waals surface area contributed by atoms with Crippen LogP contribution < -0.4 is 5.32 Å². The quantitative estimate of drug-likeness (QED) is 0.932. The van der Waals surface area contributed by atoms with E-state index in [-0.39, 0.29) is 18.0 Å². The van der Waals surface area contributed by atoms with Gasteiger partial charge in [-0.15, -0.1) is 0 Å². The van der Waals surface area contributed by atoms with Crippen molar-refractivity contribution in [3.63, 3.8) is 0 Å². The van der Waals surface area contributed by atoms with E-state index >= 15 is 0 Å². The van der Waals surface area contributed by atoms with Crippen molar-refractivity contribution in [3.05, 3.63) is 34.9 Å². The molecule has 1 aliphatic rings. The fourth-order valence-corrected chi connectivity index (χ4v) is 2.51. The first-order valence-corrected chi connectivity index (χ1v) is 8.08. The van der Waals surface area contributed by atoms with Crippen molar-refractivity contribution in [3.8, 4) is 0 Å². The minimum Gasteiger partial charge on any atom is -0.444 e. The van der Waals surface area contributed by atoms with Gasteiger partial charge in [0, 0.05) is 18.7 Å². The van der Waals surface area contributed by atoms with Crippen molar-refractivity contribution in [2.24, 2.45) is 0 Å². The molecular formula is C18H26N2O3. The number of carbonyl (C=O) groups excluding carboxylic acids is 2. The summed E-state index contributed by atoms with van der Waals surface area (Å²) in [6.45, 7) is 10.6. The third kappa shape index (κ3) is 4.47. The molecule has 5 heteroatoms. The van der Waals surface area contributed by atoms with Crippen molar-refractivity contribution < 1.29 is 14.3 Å². The van der Waals surface area contributed by atoms with Gasteiger partial charge in [0.2, 0.25) is 0 Å². The number of nitrogens with one attached hydrogen (secondary N) is 1. The summed E-state index contributed by atoms with van der Waals surface area (Å²) in [4.78, 5) is 25.7. The number of hydrogen-bond acceptors (Lipinski definition) is 3. The number of nitrogens with zero attached hydrogens (tertiary/aromatic N) is 1. The Labute approximate surface area is 138 Å². The molecule has 1 aromatic rings. The van der Waals surface area contributed by atoms with Gasteiger partial charge in [-0.2, -0.15) is 0 Å². The molecule has 0 aromatic heterocycles. The van der Waals surface area contributed by atoms with Crippen LogP contribution in [0, 0.1) is 6.92 Å². The molecule has 5 nitrogen and oxygen atoms in total. The molecule has 1 saturated heterocycles. The Morgan fingerprint density at radius 2 is 1.96 bits per heavy atom. The van der Waals surface area contributed by atoms with Crippen LogP contribution in [0.1, 0.15) is 49.2 Å². The van der Waals surface area contributed by atoms with Crippen molar-refractivity contribution in [2.45, 2.75) is 52.7 Å². The van der Waals surface area contributed by atoms with Crippen LogP contribution in [-0.2, 0) is 11.2 Å². The predicted molar refractivity (Wildman–Crippen MR) is 89.6 cm³/mol. The van der Waals surface area contributed by atoms with Gasteiger partial charge in [0.05, 0.1) is 6.04 Å². The Kier molecular flexibility index (Phi) is 4.97. The lowest BCUT2D eigenvalue weighted by Crippen LogP contribution is -2.61. The number of hydrogen-bond donors (Lipinski definition) is 1. The maximum atomic E-state index is 12.3. The van der Waals surface area contributed by atoms with E-state index in [0.29, 0.717) is 18.7 Å². The maximum absolute atomic E-state index is 12.3. The summed E-state index contributed by atoms with van der Waals surface area (Å²) in [5, 5.41) is 2.96. The van der Waals surface area contributed by atoms with Crippen LogP contribution in [0.15, 0.2) is 18.2 Å². The summed E-state index contributed by atoms with van der Waals surface area (Å²) in [5.41, 5.74) is 2.55. The summed E-state index contributed by atoms with van der Waals surface area (Å²) in [6, 6.07) is 5.74. The lowest BCUT2D eigenvalue weighted by Gasteiger charge is -2.40. The highest BCUT2D eigenvalue weighted by atomic mass is 16.6. The van der Waals surface area contributed by atoms with E-state index in [0.717, 1.165) is 6.42 Å². The molecule has 126 valence electrons. The van der Waals surface area contributed by atoms with Crippen molar-refractivity contribution >= 4 is 12.0 Å². The summed E-state index contributed by atoms with van der Waals surface area (Å²) >= 11 is 0. The molecule has 0 aliphatic carbocycles. The highest BCUT2D eigenvalue weighted by Gasteiger charge is 2.34. The molecule has 1 aromatic carbocycles. The Morgan fingerprint density at radius 1 is 1.30 bits per heavy atom. The number of ether oxygens (including phenoxy) is 1. The van der Waals surface area contributed by atoms with Gasteiger partial charge in [-0.1, -0.05) is 13.0 Å². The van der Waals surface area contributed by atoms with Crippen LogP contribution in [0.3, 0.4) is 0 Å². The zero-order valence-corrected chi connectivity index (χ0v) is 14.6. The Balaban J connectivity index is 1.86. The molecule has 23 heavy (non-hydrogen) atoms. The summed E-state index contributed by atoms with van der Waals surface area (Å²) in [6.07, 6.45) is 0.578. The van der Waals surface area contributed by atoms with Crippen molar-refractivity contribution in [1.82, 2.24) is 10.2 Å². The number of carbonyl (C=O) groups is 2. The topological polar surface area (TPSA) is 58.6 Å². The highest BCUT2D eigenvalue weighted by molar-refractivity contribution is 5.94. The molecule has 1 fully saturated rings. The zero-order valence-electron chi connectivity index (χ0n) is 14.6. The summed E-state index contributed by atoms with van der Waals surface area (Å²) < 4.78 is 5.30. The molecule has 2 amide bonds. The molecule has 0 radical (unpaired) electrons. The summed E-state index contributed by atoms with van der Waals surface area (Å²) in [7, 11) is 0. The van der Waals surface area contributed by atoms with Crippen LogP contribution in [-0.4, -0.2) is 41.6 Å². The molecule has 1 aliphatic heterocycles. The average Bonchev–Trinajstić information content (AvgIpc) is 2.40. The molecule has 0 atom stereocenters. The smallest absolute Gasteiger partial charge is 0.410 e. The Bertz CT molecular complexity index is 599. The van der Waals surface area contributed by atoms with Crippen LogP contribution in [0.5, 0.6) is 0 Å². The van der Waals surface area contributed by atoms with Gasteiger partial charge in [0.15, 0.2) is 0 Å². The second kappa shape index (κ2) is 6.60. The third-order valence-electron chi connectivity index (χ3n) is 3.86. The van der Waals surface area contributed by atoms with E-state index in [2.05, 4.69) is 12.2 Å². The van der Waals surface area contributed by atoms with E-state index in [4.69, 9.17) is 4.74 Å². The SMILES string of the molecule is CCc1cc(C(=O)NC2CN(C(=O)OC(C)(C)C)C2)ccc1C. The molecule has 0 unspecified atom stereocenters. The van der Waals surface area contributed by atoms with Crippen LogP contribution in [0.25, 0.3) is 0 Å². The molecular weight excluding hydrogens is 292 g/mol. The largest absolute Gasteiger partial charge is 0.444 e. The van der Waals surface area contributed by atoms with E-state index < -0.39 is 5.60 Å². The summed E-state index contributed by atoms with van der Waals surface area (Å²) in [5.74, 6) is -0.0893. The molecule has 1 heterocycles. The lowest BCUT2D eigenvalue weighted by atomic mass is 10.0. The van der Waals surface area contributed by atoms with Gasteiger partial charge in [-0.05, 0) is 57.4 Å². The van der Waals surface area contributed by atoms with E-state index in [1.54, 1.807) is 4.90 Å². The molecule has 0 saturated carbocycles. The first kappa shape index (κ1) is 17.3. The molecule has 0 spiro atoms. The van der Waals surface area contributed by atoms with Crippen LogP contribution >= 0.6 is 0 Å². The fourth-order valence-electron chi connectivity index (χ4n) is 2.51. The van der Waals surface area contributed by atoms with E-state index in [9.17, 15) is 9.59 Å². The van der Waals surface area contributed by atoms with Gasteiger partial charge in [0.1, 0.15) is 5.60 Å².